The molecule has 1 heterocycles. The number of aryl methyl sites for hydroxylation is 1. The number of Topliss-reactive ketones (excluding diaryl/α,β-unsaturated/α-hetero) is 2. The summed E-state index contributed by atoms with van der Waals surface area (Å²) in [5.41, 5.74) is 2.52. The third-order valence-corrected chi connectivity index (χ3v) is 6.11. The van der Waals surface area contributed by atoms with Crippen LogP contribution in [-0.4, -0.2) is 50.7 Å². The smallest absolute Gasteiger partial charge is 0.229 e. The molecule has 0 radical (unpaired) electrons. The third kappa shape index (κ3) is 5.76. The van der Waals surface area contributed by atoms with Gasteiger partial charge in [-0.2, -0.15) is 0 Å². The molecule has 176 valence electrons. The second-order valence-corrected chi connectivity index (χ2v) is 8.26. The van der Waals surface area contributed by atoms with E-state index in [4.69, 9.17) is 9.47 Å². The summed E-state index contributed by atoms with van der Waals surface area (Å²) in [6.07, 6.45) is 2.50. The maximum atomic E-state index is 12.8. The van der Waals surface area contributed by atoms with Crippen LogP contribution in [0.2, 0.25) is 0 Å². The van der Waals surface area contributed by atoms with Crippen LogP contribution in [0, 0.1) is 5.92 Å². The van der Waals surface area contributed by atoms with Crippen LogP contribution in [0.5, 0.6) is 0 Å². The second kappa shape index (κ2) is 11.0. The van der Waals surface area contributed by atoms with E-state index in [-0.39, 0.29) is 53.7 Å². The fourth-order valence-electron chi connectivity index (χ4n) is 4.08. The van der Waals surface area contributed by atoms with Gasteiger partial charge in [-0.3, -0.25) is 24.5 Å². The summed E-state index contributed by atoms with van der Waals surface area (Å²) in [5.74, 6) is -1.43. The van der Waals surface area contributed by atoms with Gasteiger partial charge in [0.15, 0.2) is 0 Å². The zero-order valence-corrected chi connectivity index (χ0v) is 19.3. The van der Waals surface area contributed by atoms with Crippen molar-refractivity contribution in [1.29, 1.82) is 0 Å². The van der Waals surface area contributed by atoms with Crippen molar-refractivity contribution in [2.45, 2.75) is 39.0 Å². The van der Waals surface area contributed by atoms with Gasteiger partial charge in [-0.25, -0.2) is 0 Å². The van der Waals surface area contributed by atoms with Gasteiger partial charge in [0.2, 0.25) is 34.9 Å². The molecule has 2 aliphatic rings. The number of amides is 2. The topological polar surface area (TPSA) is 111 Å². The van der Waals surface area contributed by atoms with Crippen LogP contribution in [0.4, 0.5) is 0 Å². The number of carbonyl (C=O) groups excluding carboxylic acids is 4. The third-order valence-electron chi connectivity index (χ3n) is 6.11. The van der Waals surface area contributed by atoms with E-state index in [0.29, 0.717) is 17.6 Å². The summed E-state index contributed by atoms with van der Waals surface area (Å²) in [5, 5.41) is 5.71. The lowest BCUT2D eigenvalue weighted by molar-refractivity contribution is -0.133. The van der Waals surface area contributed by atoms with E-state index in [1.54, 1.807) is 6.92 Å². The first-order chi connectivity index (χ1) is 15.8. The van der Waals surface area contributed by atoms with Crippen molar-refractivity contribution in [2.24, 2.45) is 5.92 Å². The van der Waals surface area contributed by atoms with E-state index in [1.807, 2.05) is 24.3 Å². The fraction of sp³-hybridized carbons (Fsp3) is 0.440. The van der Waals surface area contributed by atoms with Gasteiger partial charge >= 0.3 is 0 Å². The SMILES string of the molecule is COC1=C(OC)C(=O)C(Cc2ccc(CCC(=O)NC(=O)C3CCNCC3)cc2)=C(C)C1=O. The van der Waals surface area contributed by atoms with E-state index in [9.17, 15) is 19.2 Å². The van der Waals surface area contributed by atoms with Crippen molar-refractivity contribution in [2.75, 3.05) is 27.3 Å². The minimum atomic E-state index is -0.356. The second-order valence-electron chi connectivity index (χ2n) is 8.26. The minimum absolute atomic E-state index is 0.0731. The average Bonchev–Trinajstić information content (AvgIpc) is 2.83. The minimum Gasteiger partial charge on any atom is -0.489 e. The number of nitrogens with one attached hydrogen (secondary N) is 2. The molecule has 1 aliphatic carbocycles. The summed E-state index contributed by atoms with van der Waals surface area (Å²) in [7, 11) is 2.67. The van der Waals surface area contributed by atoms with Crippen molar-refractivity contribution in [3.8, 4) is 0 Å². The Labute approximate surface area is 193 Å². The number of piperidine rings is 1. The summed E-state index contributed by atoms with van der Waals surface area (Å²) in [4.78, 5) is 49.6. The van der Waals surface area contributed by atoms with E-state index in [2.05, 4.69) is 10.6 Å². The molecule has 1 fully saturated rings. The summed E-state index contributed by atoms with van der Waals surface area (Å²) >= 11 is 0. The lowest BCUT2D eigenvalue weighted by Crippen LogP contribution is -2.40. The molecule has 2 amide bonds. The number of carbonyl (C=O) groups is 4. The van der Waals surface area contributed by atoms with Crippen LogP contribution in [0.25, 0.3) is 0 Å². The van der Waals surface area contributed by atoms with Crippen LogP contribution in [0.15, 0.2) is 46.9 Å². The number of benzene rings is 1. The number of rotatable bonds is 8. The highest BCUT2D eigenvalue weighted by Crippen LogP contribution is 2.28. The molecule has 0 aromatic heterocycles. The predicted octanol–water partition coefficient (Wildman–Crippen LogP) is 1.78. The van der Waals surface area contributed by atoms with Crippen molar-refractivity contribution in [3.05, 3.63) is 58.1 Å². The first-order valence-electron chi connectivity index (χ1n) is 11.1. The molecule has 0 unspecified atom stereocenters. The first-order valence-corrected chi connectivity index (χ1v) is 11.1. The van der Waals surface area contributed by atoms with E-state index >= 15 is 0 Å². The molecule has 0 atom stereocenters. The Kier molecular flexibility index (Phi) is 8.16. The molecular weight excluding hydrogens is 424 g/mol. The predicted molar refractivity (Wildman–Crippen MR) is 121 cm³/mol. The Hall–Kier alpha value is -3.26. The molecule has 0 spiro atoms. The van der Waals surface area contributed by atoms with Gasteiger partial charge in [0.25, 0.3) is 0 Å². The largest absolute Gasteiger partial charge is 0.489 e. The molecule has 1 aromatic carbocycles. The average molecular weight is 455 g/mol. The standard InChI is InChI=1S/C25H30N2O6/c1-15-19(22(30)24(33-3)23(32-2)21(15)29)14-17-6-4-16(5-7-17)8-9-20(28)27-25(31)18-10-12-26-13-11-18/h4-7,18,26H,8-14H2,1-3H3,(H,27,28,31). The molecule has 0 bridgehead atoms. The summed E-state index contributed by atoms with van der Waals surface area (Å²) in [6.45, 7) is 3.20. The van der Waals surface area contributed by atoms with Gasteiger partial charge in [0.1, 0.15) is 0 Å². The maximum Gasteiger partial charge on any atom is 0.229 e. The zero-order valence-electron chi connectivity index (χ0n) is 19.3. The zero-order chi connectivity index (χ0) is 24.0. The molecule has 8 heteroatoms. The Bertz CT molecular complexity index is 1000. The Morgan fingerprint density at radius 1 is 0.970 bits per heavy atom. The van der Waals surface area contributed by atoms with Gasteiger partial charge in [-0.15, -0.1) is 0 Å². The van der Waals surface area contributed by atoms with Crippen LogP contribution in [-0.2, 0) is 41.5 Å². The number of methoxy groups -OCH3 is 2. The number of ketones is 2. The normalized spacial score (nSPS) is 17.3. The van der Waals surface area contributed by atoms with Crippen molar-refractivity contribution < 1.29 is 28.7 Å². The number of hydrogen-bond acceptors (Lipinski definition) is 7. The van der Waals surface area contributed by atoms with Gasteiger partial charge in [0, 0.05) is 29.9 Å². The number of ether oxygens (including phenoxy) is 2. The van der Waals surface area contributed by atoms with Gasteiger partial charge < -0.3 is 14.8 Å². The van der Waals surface area contributed by atoms with Crippen molar-refractivity contribution in [3.63, 3.8) is 0 Å². The Morgan fingerprint density at radius 3 is 2.15 bits per heavy atom. The molecule has 33 heavy (non-hydrogen) atoms. The van der Waals surface area contributed by atoms with Crippen LogP contribution in [0.3, 0.4) is 0 Å². The maximum absolute atomic E-state index is 12.8. The highest BCUT2D eigenvalue weighted by atomic mass is 16.5. The lowest BCUT2D eigenvalue weighted by atomic mass is 9.88. The molecular formula is C25H30N2O6. The van der Waals surface area contributed by atoms with Crippen LogP contribution < -0.4 is 10.6 Å². The van der Waals surface area contributed by atoms with Crippen molar-refractivity contribution in [1.82, 2.24) is 10.6 Å². The van der Waals surface area contributed by atoms with Crippen molar-refractivity contribution >= 4 is 23.4 Å². The molecule has 8 nitrogen and oxygen atoms in total. The first kappa shape index (κ1) is 24.4. The molecule has 1 saturated heterocycles. The number of imide groups is 1. The summed E-state index contributed by atoms with van der Waals surface area (Å²) in [6, 6.07) is 7.51. The van der Waals surface area contributed by atoms with Gasteiger partial charge in [-0.1, -0.05) is 24.3 Å². The molecule has 1 aliphatic heterocycles. The van der Waals surface area contributed by atoms with Gasteiger partial charge in [0.05, 0.1) is 14.2 Å². The van der Waals surface area contributed by atoms with E-state index in [0.717, 1.165) is 37.1 Å². The number of allylic oxidation sites excluding steroid dienone is 2. The summed E-state index contributed by atoms with van der Waals surface area (Å²) < 4.78 is 10.2. The quantitative estimate of drug-likeness (QED) is 0.576. The molecule has 1 aromatic rings. The molecule has 2 N–H and O–H groups in total. The van der Waals surface area contributed by atoms with Crippen LogP contribution in [0.1, 0.15) is 37.3 Å². The van der Waals surface area contributed by atoms with E-state index in [1.165, 1.54) is 14.2 Å². The highest BCUT2D eigenvalue weighted by molar-refractivity contribution is 6.23. The fourth-order valence-corrected chi connectivity index (χ4v) is 4.08. The monoisotopic (exact) mass is 454 g/mol. The molecule has 0 saturated carbocycles. The van der Waals surface area contributed by atoms with E-state index < -0.39 is 0 Å². The van der Waals surface area contributed by atoms with Crippen LogP contribution >= 0.6 is 0 Å². The highest BCUT2D eigenvalue weighted by Gasteiger charge is 2.34. The molecule has 3 rings (SSSR count). The van der Waals surface area contributed by atoms with Gasteiger partial charge in [-0.05, 0) is 50.4 Å². The number of hydrogen-bond donors (Lipinski definition) is 2. The Morgan fingerprint density at radius 2 is 1.55 bits per heavy atom. The lowest BCUT2D eigenvalue weighted by Gasteiger charge is -2.21. The Balaban J connectivity index is 1.56.